The van der Waals surface area contributed by atoms with Gasteiger partial charge in [0, 0.05) is 18.9 Å². The lowest BCUT2D eigenvalue weighted by molar-refractivity contribution is -0.757. The first-order valence-corrected chi connectivity index (χ1v) is 12.2. The molecule has 0 saturated carbocycles. The number of benzene rings is 2. The Bertz CT molecular complexity index is 1400. The van der Waals surface area contributed by atoms with Crippen molar-refractivity contribution in [3.63, 3.8) is 0 Å². The fourth-order valence-electron chi connectivity index (χ4n) is 4.03. The summed E-state index contributed by atoms with van der Waals surface area (Å²) in [4.78, 5) is 43.5. The molecule has 4 N–H and O–H groups in total. The molecular weight excluding hydrogens is 496 g/mol. The van der Waals surface area contributed by atoms with Gasteiger partial charge in [-0.1, -0.05) is 36.4 Å². The summed E-state index contributed by atoms with van der Waals surface area (Å²) < 4.78 is 0.974. The van der Waals surface area contributed by atoms with Gasteiger partial charge in [0.1, 0.15) is 6.61 Å². The number of carboxylic acid groups (broad SMARTS) is 1. The summed E-state index contributed by atoms with van der Waals surface area (Å²) in [5, 5.41) is 23.8. The number of nitrogens with zero attached hydrogens (tertiary/aromatic N) is 2. The Kier molecular flexibility index (Phi) is 8.06. The smallest absolute Gasteiger partial charge is 0.335 e. The number of thiophene rings is 1. The second-order valence-electron chi connectivity index (χ2n) is 8.32. The second kappa shape index (κ2) is 11.6. The van der Waals surface area contributed by atoms with E-state index in [1.807, 2.05) is 36.4 Å². The van der Waals surface area contributed by atoms with Crippen LogP contribution in [0.1, 0.15) is 38.5 Å². The van der Waals surface area contributed by atoms with Gasteiger partial charge in [0.25, 0.3) is 5.09 Å². The second-order valence-corrected chi connectivity index (χ2v) is 9.41. The normalized spacial score (nSPS) is 11.7. The molecule has 1 unspecified atom stereocenters. The fourth-order valence-corrected chi connectivity index (χ4v) is 4.97. The van der Waals surface area contributed by atoms with Crippen LogP contribution in [-0.2, 0) is 22.5 Å². The molecule has 4 rings (SSSR count). The monoisotopic (exact) mass is 520 g/mol. The van der Waals surface area contributed by atoms with Gasteiger partial charge in [0.15, 0.2) is 0 Å². The molecule has 0 radical (unpaired) electrons. The van der Waals surface area contributed by atoms with Crippen LogP contribution in [0.2, 0.25) is 0 Å². The standard InChI is InChI=1S/C26H24N4O6S/c27-14-22(25(31)29-24-13-19-7-9-28-15-23(19)37-24)18-4-1-16(2-5-18)11-20-12-17(8-10-36-30(34)35)3-6-21(20)26(32)33/h1-7,9,12-13,15,22H,8,10-11,14,27H2,(H,29,31)(H,32,33). The fraction of sp³-hybridized carbons (Fsp3) is 0.192. The number of rotatable bonds is 11. The van der Waals surface area contributed by atoms with E-state index in [0.29, 0.717) is 17.0 Å². The van der Waals surface area contributed by atoms with Crippen molar-refractivity contribution in [2.75, 3.05) is 18.5 Å². The summed E-state index contributed by atoms with van der Waals surface area (Å²) in [6.45, 7) is 0.00351. The molecular formula is C26H24N4O6S. The highest BCUT2D eigenvalue weighted by Gasteiger charge is 2.20. The van der Waals surface area contributed by atoms with E-state index in [2.05, 4.69) is 15.1 Å². The molecule has 0 aliphatic rings. The van der Waals surface area contributed by atoms with Crippen molar-refractivity contribution in [1.29, 1.82) is 0 Å². The number of amides is 1. The van der Waals surface area contributed by atoms with Crippen LogP contribution >= 0.6 is 11.3 Å². The van der Waals surface area contributed by atoms with Gasteiger partial charge in [0.05, 0.1) is 21.2 Å². The van der Waals surface area contributed by atoms with Gasteiger partial charge in [0.2, 0.25) is 5.91 Å². The molecule has 0 saturated heterocycles. The van der Waals surface area contributed by atoms with E-state index in [4.69, 9.17) is 5.73 Å². The quantitative estimate of drug-likeness (QED) is 0.198. The molecule has 2 aromatic heterocycles. The third-order valence-corrected chi connectivity index (χ3v) is 6.89. The van der Waals surface area contributed by atoms with Crippen LogP contribution in [0.3, 0.4) is 0 Å². The highest BCUT2D eigenvalue weighted by Crippen LogP contribution is 2.30. The summed E-state index contributed by atoms with van der Waals surface area (Å²) >= 11 is 1.44. The average molecular weight is 521 g/mol. The van der Waals surface area contributed by atoms with Crippen LogP contribution in [0.5, 0.6) is 0 Å². The molecule has 0 spiro atoms. The molecule has 1 atom stereocenters. The Hall–Kier alpha value is -4.35. The van der Waals surface area contributed by atoms with Gasteiger partial charge in [-0.3, -0.25) is 9.78 Å². The zero-order valence-electron chi connectivity index (χ0n) is 19.6. The summed E-state index contributed by atoms with van der Waals surface area (Å²) in [6, 6.07) is 15.9. The number of pyridine rings is 1. The van der Waals surface area contributed by atoms with Crippen molar-refractivity contribution in [2.45, 2.75) is 18.8 Å². The largest absolute Gasteiger partial charge is 0.478 e. The Morgan fingerprint density at radius 1 is 1.14 bits per heavy atom. The summed E-state index contributed by atoms with van der Waals surface area (Å²) in [6.07, 6.45) is 4.06. The number of anilines is 1. The maximum Gasteiger partial charge on any atom is 0.335 e. The molecule has 0 bridgehead atoms. The van der Waals surface area contributed by atoms with Crippen molar-refractivity contribution in [3.05, 3.63) is 105 Å². The van der Waals surface area contributed by atoms with Crippen molar-refractivity contribution in [1.82, 2.24) is 4.98 Å². The van der Waals surface area contributed by atoms with Gasteiger partial charge >= 0.3 is 5.97 Å². The minimum atomic E-state index is -1.06. The van der Waals surface area contributed by atoms with Crippen LogP contribution in [-0.4, -0.2) is 40.2 Å². The third-order valence-electron chi connectivity index (χ3n) is 5.89. The molecule has 2 aromatic carbocycles. The SMILES string of the molecule is NCC(C(=O)Nc1cc2ccncc2s1)c1ccc(Cc2cc(CCO[N+](=O)[O-])ccc2C(=O)O)cc1. The zero-order chi connectivity index (χ0) is 26.4. The van der Waals surface area contributed by atoms with Gasteiger partial charge < -0.3 is 21.0 Å². The van der Waals surface area contributed by atoms with Crippen LogP contribution in [0.25, 0.3) is 10.1 Å². The van der Waals surface area contributed by atoms with E-state index in [0.717, 1.165) is 26.8 Å². The number of aromatic carboxylic acids is 1. The maximum absolute atomic E-state index is 13.0. The average Bonchev–Trinajstić information content (AvgIpc) is 3.27. The van der Waals surface area contributed by atoms with Gasteiger partial charge in [-0.05, 0) is 58.7 Å². The Morgan fingerprint density at radius 2 is 1.89 bits per heavy atom. The highest BCUT2D eigenvalue weighted by molar-refractivity contribution is 7.22. The minimum absolute atomic E-state index is 0.117. The summed E-state index contributed by atoms with van der Waals surface area (Å²) in [5.74, 6) is -1.83. The van der Waals surface area contributed by atoms with E-state index in [1.165, 1.54) is 17.4 Å². The number of carbonyl (C=O) groups excluding carboxylic acids is 1. The van der Waals surface area contributed by atoms with E-state index in [1.54, 1.807) is 24.5 Å². The predicted octanol–water partition coefficient (Wildman–Crippen LogP) is 4.02. The third kappa shape index (κ3) is 6.46. The summed E-state index contributed by atoms with van der Waals surface area (Å²) in [5.41, 5.74) is 8.99. The van der Waals surface area contributed by atoms with Crippen molar-refractivity contribution < 1.29 is 24.6 Å². The number of hydrogen-bond donors (Lipinski definition) is 3. The Labute approximate surface area is 215 Å². The van der Waals surface area contributed by atoms with E-state index >= 15 is 0 Å². The highest BCUT2D eigenvalue weighted by atomic mass is 32.1. The molecule has 1 amide bonds. The van der Waals surface area contributed by atoms with Crippen molar-refractivity contribution in [2.24, 2.45) is 5.73 Å². The number of carboxylic acids is 1. The number of hydrogen-bond acceptors (Lipinski definition) is 8. The molecule has 37 heavy (non-hydrogen) atoms. The Morgan fingerprint density at radius 3 is 2.57 bits per heavy atom. The molecule has 4 aromatic rings. The molecule has 0 fully saturated rings. The first kappa shape index (κ1) is 25.7. The van der Waals surface area contributed by atoms with Crippen LogP contribution in [0.15, 0.2) is 67.0 Å². The number of aromatic nitrogens is 1. The van der Waals surface area contributed by atoms with Gasteiger partial charge in [-0.15, -0.1) is 21.5 Å². The van der Waals surface area contributed by atoms with Crippen molar-refractivity contribution >= 4 is 38.3 Å². The summed E-state index contributed by atoms with van der Waals surface area (Å²) in [7, 11) is 0. The lowest BCUT2D eigenvalue weighted by Crippen LogP contribution is -2.27. The molecule has 190 valence electrons. The first-order valence-electron chi connectivity index (χ1n) is 11.4. The maximum atomic E-state index is 13.0. The Balaban J connectivity index is 1.47. The number of carbonyl (C=O) groups is 2. The van der Waals surface area contributed by atoms with Gasteiger partial charge in [-0.25, -0.2) is 4.79 Å². The van der Waals surface area contributed by atoms with Gasteiger partial charge in [-0.2, -0.15) is 0 Å². The number of nitrogens with one attached hydrogen (secondary N) is 1. The molecule has 2 heterocycles. The topological polar surface area (TPSA) is 158 Å². The van der Waals surface area contributed by atoms with Crippen molar-refractivity contribution in [3.8, 4) is 0 Å². The molecule has 11 heteroatoms. The minimum Gasteiger partial charge on any atom is -0.478 e. The van der Waals surface area contributed by atoms with E-state index < -0.39 is 17.0 Å². The molecule has 0 aliphatic carbocycles. The lowest BCUT2D eigenvalue weighted by atomic mass is 9.93. The van der Waals surface area contributed by atoms with Crippen LogP contribution in [0.4, 0.5) is 5.00 Å². The zero-order valence-corrected chi connectivity index (χ0v) is 20.4. The van der Waals surface area contributed by atoms with E-state index in [-0.39, 0.29) is 31.0 Å². The van der Waals surface area contributed by atoms with Crippen LogP contribution in [0, 0.1) is 10.1 Å². The number of nitrogens with two attached hydrogens (primary N) is 1. The first-order chi connectivity index (χ1) is 17.8. The van der Waals surface area contributed by atoms with E-state index in [9.17, 15) is 24.8 Å². The molecule has 10 nitrogen and oxygen atoms in total. The lowest BCUT2D eigenvalue weighted by Gasteiger charge is -2.15. The molecule has 0 aliphatic heterocycles. The van der Waals surface area contributed by atoms with Crippen LogP contribution < -0.4 is 11.1 Å². The predicted molar refractivity (Wildman–Crippen MR) is 139 cm³/mol. The number of fused-ring (bicyclic) bond motifs is 1.